The lowest BCUT2D eigenvalue weighted by atomic mass is 9.65. The zero-order valence-corrected chi connectivity index (χ0v) is 40.0. The third-order valence-electron chi connectivity index (χ3n) is 16.3. The van der Waals surface area contributed by atoms with Gasteiger partial charge in [-0.15, -0.1) is 0 Å². The number of ether oxygens (including phenoxy) is 1. The first kappa shape index (κ1) is 40.9. The molecule has 0 fully saturated rings. The quantitative estimate of drug-likeness (QED) is 0.174. The number of rotatable bonds is 4. The van der Waals surface area contributed by atoms with E-state index in [1.54, 1.807) is 0 Å². The van der Waals surface area contributed by atoms with Gasteiger partial charge in [-0.1, -0.05) is 220 Å². The summed E-state index contributed by atoms with van der Waals surface area (Å²) in [6, 6.07) is 92.3. The highest BCUT2D eigenvalue weighted by molar-refractivity contribution is 5.99. The molecule has 0 radical (unpaired) electrons. The van der Waals surface area contributed by atoms with Crippen LogP contribution >= 0.6 is 0 Å². The van der Waals surface area contributed by atoms with Crippen LogP contribution in [0.2, 0.25) is 0 Å². The topological polar surface area (TPSA) is 12.5 Å². The molecule has 11 aromatic carbocycles. The van der Waals surface area contributed by atoms with Crippen LogP contribution in [0.25, 0.3) is 77.9 Å². The predicted molar refractivity (Wildman–Crippen MR) is 297 cm³/mol. The zero-order valence-electron chi connectivity index (χ0n) is 40.0. The van der Waals surface area contributed by atoms with Gasteiger partial charge in [0, 0.05) is 27.9 Å². The molecular formula is C70H47NO. The third-order valence-corrected chi connectivity index (χ3v) is 16.3. The van der Waals surface area contributed by atoms with Crippen molar-refractivity contribution in [3.05, 3.63) is 282 Å². The molecule has 2 nitrogen and oxygen atoms in total. The largest absolute Gasteiger partial charge is 0.454 e. The maximum atomic E-state index is 7.18. The van der Waals surface area contributed by atoms with Crippen molar-refractivity contribution in [1.82, 2.24) is 0 Å². The Kier molecular flexibility index (Phi) is 8.66. The van der Waals surface area contributed by atoms with Gasteiger partial charge in [0.2, 0.25) is 0 Å². The van der Waals surface area contributed by atoms with Crippen LogP contribution in [0, 0.1) is 0 Å². The van der Waals surface area contributed by atoms with Crippen LogP contribution in [0.1, 0.15) is 47.2 Å². The second-order valence-corrected chi connectivity index (χ2v) is 20.3. The molecule has 3 aliphatic carbocycles. The third kappa shape index (κ3) is 5.61. The summed E-state index contributed by atoms with van der Waals surface area (Å²) in [6.45, 7) is 4.72. The summed E-state index contributed by atoms with van der Waals surface area (Å²) in [6.07, 6.45) is 0. The lowest BCUT2D eigenvalue weighted by Gasteiger charge is -2.35. The van der Waals surface area contributed by atoms with E-state index in [0.29, 0.717) is 0 Å². The van der Waals surface area contributed by atoms with Gasteiger partial charge < -0.3 is 9.64 Å². The molecule has 11 aromatic rings. The molecule has 1 heterocycles. The van der Waals surface area contributed by atoms with Gasteiger partial charge in [-0.05, 0) is 143 Å². The summed E-state index contributed by atoms with van der Waals surface area (Å²) in [4.78, 5) is 2.41. The molecular weight excluding hydrogens is 871 g/mol. The number of hydrogen-bond acceptors (Lipinski definition) is 2. The molecule has 1 spiro atoms. The zero-order chi connectivity index (χ0) is 47.7. The van der Waals surface area contributed by atoms with Gasteiger partial charge in [0.15, 0.2) is 5.75 Å². The number of hydrogen-bond donors (Lipinski definition) is 0. The minimum Gasteiger partial charge on any atom is -0.454 e. The molecule has 0 saturated carbocycles. The maximum absolute atomic E-state index is 7.18. The molecule has 0 aromatic heterocycles. The number of para-hydroxylation sites is 2. The van der Waals surface area contributed by atoms with Crippen molar-refractivity contribution in [2.24, 2.45) is 0 Å². The molecule has 2 heteroatoms. The van der Waals surface area contributed by atoms with E-state index >= 15 is 0 Å². The summed E-state index contributed by atoms with van der Waals surface area (Å²) in [7, 11) is 0. The van der Waals surface area contributed by atoms with Crippen LogP contribution in [0.4, 0.5) is 17.1 Å². The summed E-state index contributed by atoms with van der Waals surface area (Å²) < 4.78 is 7.18. The maximum Gasteiger partial charge on any atom is 0.159 e. The molecule has 1 aliphatic heterocycles. The van der Waals surface area contributed by atoms with Crippen molar-refractivity contribution in [2.45, 2.75) is 24.7 Å². The van der Waals surface area contributed by atoms with Gasteiger partial charge in [-0.25, -0.2) is 0 Å². The predicted octanol–water partition coefficient (Wildman–Crippen LogP) is 18.6. The summed E-state index contributed by atoms with van der Waals surface area (Å²) in [5.41, 5.74) is 27.4. The summed E-state index contributed by atoms with van der Waals surface area (Å²) in [5.74, 6) is 1.67. The molecule has 15 rings (SSSR count). The van der Waals surface area contributed by atoms with Crippen LogP contribution < -0.4 is 9.64 Å². The van der Waals surface area contributed by atoms with E-state index in [1.807, 2.05) is 0 Å². The fourth-order valence-electron chi connectivity index (χ4n) is 13.2. The first-order valence-corrected chi connectivity index (χ1v) is 25.2. The van der Waals surface area contributed by atoms with E-state index in [-0.39, 0.29) is 5.41 Å². The van der Waals surface area contributed by atoms with E-state index in [2.05, 4.69) is 267 Å². The first-order valence-electron chi connectivity index (χ1n) is 25.2. The SMILES string of the molecule is CC1(C)c2ccccc2-c2ccc(N(c3ccc(-c4ccc5c(c4)C4(c6ccccc6-c6ccccc6-c6ccccc64)c4ccccc4-5)cc3)c3cccc4c3Oc3ccccc3-c3ccccc3-4)cc21. The molecule has 0 atom stereocenters. The fourth-order valence-corrected chi connectivity index (χ4v) is 13.2. The van der Waals surface area contributed by atoms with Gasteiger partial charge in [0.25, 0.3) is 0 Å². The van der Waals surface area contributed by atoms with Crippen molar-refractivity contribution in [2.75, 3.05) is 4.90 Å². The van der Waals surface area contributed by atoms with Gasteiger partial charge in [-0.3, -0.25) is 0 Å². The Morgan fingerprint density at radius 2 is 0.708 bits per heavy atom. The van der Waals surface area contributed by atoms with Crippen LogP contribution in [-0.4, -0.2) is 0 Å². The highest BCUT2D eigenvalue weighted by Gasteiger charge is 2.49. The van der Waals surface area contributed by atoms with Crippen LogP contribution in [0.5, 0.6) is 11.5 Å². The Balaban J connectivity index is 0.919. The lowest BCUT2D eigenvalue weighted by Crippen LogP contribution is -2.29. The second kappa shape index (κ2) is 15.3. The van der Waals surface area contributed by atoms with Gasteiger partial charge >= 0.3 is 0 Å². The van der Waals surface area contributed by atoms with Crippen molar-refractivity contribution in [3.8, 4) is 89.4 Å². The highest BCUT2D eigenvalue weighted by Crippen LogP contribution is 2.62. The molecule has 338 valence electrons. The number of fused-ring (bicyclic) bond motifs is 20. The van der Waals surface area contributed by atoms with E-state index in [9.17, 15) is 0 Å². The van der Waals surface area contributed by atoms with E-state index < -0.39 is 5.41 Å². The van der Waals surface area contributed by atoms with Crippen LogP contribution in [0.15, 0.2) is 249 Å². The number of nitrogens with zero attached hydrogens (tertiary/aromatic N) is 1. The average Bonchev–Trinajstić information content (AvgIpc) is 3.74. The van der Waals surface area contributed by atoms with Crippen LogP contribution in [0.3, 0.4) is 0 Å². The second-order valence-electron chi connectivity index (χ2n) is 20.3. The Labute approximate surface area is 420 Å². The Bertz CT molecular complexity index is 4000. The smallest absolute Gasteiger partial charge is 0.159 e. The average molecular weight is 918 g/mol. The first-order chi connectivity index (χ1) is 35.5. The van der Waals surface area contributed by atoms with Crippen molar-refractivity contribution >= 4 is 17.1 Å². The van der Waals surface area contributed by atoms with E-state index in [0.717, 1.165) is 56.4 Å². The van der Waals surface area contributed by atoms with Crippen molar-refractivity contribution in [3.63, 3.8) is 0 Å². The molecule has 0 unspecified atom stereocenters. The summed E-state index contributed by atoms with van der Waals surface area (Å²) in [5, 5.41) is 0. The number of anilines is 3. The Morgan fingerprint density at radius 3 is 1.33 bits per heavy atom. The number of benzene rings is 11. The molecule has 0 N–H and O–H groups in total. The lowest BCUT2D eigenvalue weighted by molar-refractivity contribution is 0.489. The molecule has 72 heavy (non-hydrogen) atoms. The Morgan fingerprint density at radius 1 is 0.292 bits per heavy atom. The van der Waals surface area contributed by atoms with Gasteiger partial charge in [-0.2, -0.15) is 0 Å². The Hall–Kier alpha value is -8.98. The van der Waals surface area contributed by atoms with Crippen molar-refractivity contribution in [1.29, 1.82) is 0 Å². The highest BCUT2D eigenvalue weighted by atomic mass is 16.5. The van der Waals surface area contributed by atoms with E-state index in [1.165, 1.54) is 83.5 Å². The van der Waals surface area contributed by atoms with Crippen LogP contribution in [-0.2, 0) is 10.8 Å². The monoisotopic (exact) mass is 917 g/mol. The van der Waals surface area contributed by atoms with E-state index in [4.69, 9.17) is 4.74 Å². The normalized spacial score (nSPS) is 14.0. The summed E-state index contributed by atoms with van der Waals surface area (Å²) >= 11 is 0. The molecule has 0 bridgehead atoms. The van der Waals surface area contributed by atoms with Gasteiger partial charge in [0.1, 0.15) is 5.75 Å². The fraction of sp³-hybridized carbons (Fsp3) is 0.0571. The molecule has 0 amide bonds. The van der Waals surface area contributed by atoms with Gasteiger partial charge in [0.05, 0.1) is 11.1 Å². The standard InChI is InChI=1S/C70H47NO/c1-69(2)60-28-12-7-24-54(60)56-41-39-47(43-64(56)69)71(66-32-17-27-59-51-21-6-5-20-50(51)58-26-11-16-33-67(58)72-68(59)66)46-37-34-44(35-38-46)45-36-40-57-55-25-10-15-31-63(55)70(65(57)42-45)61-29-13-8-22-52(61)48-18-3-4-19-49(48)53-23-9-14-30-62(53)70/h3-43H,1-2H3. The van der Waals surface area contributed by atoms with Crippen molar-refractivity contribution < 1.29 is 4.74 Å². The minimum absolute atomic E-state index is 0.175. The minimum atomic E-state index is -0.547. The molecule has 0 saturated heterocycles. The molecule has 4 aliphatic rings.